The predicted octanol–water partition coefficient (Wildman–Crippen LogP) is 1.47. The van der Waals surface area contributed by atoms with Gasteiger partial charge in [0.2, 0.25) is 0 Å². The summed E-state index contributed by atoms with van der Waals surface area (Å²) < 4.78 is 5.42. The second-order valence-electron chi connectivity index (χ2n) is 7.11. The standard InChI is InChI=1S/C17H37N5O.HI/c1-7-21-8-10-22(11-9-21)13-15(2)12-19-16(18-5)20-14-17(3,4)23-6;/h15H,7-14H2,1-6H3,(H2,18,19,20);1H. The largest absolute Gasteiger partial charge is 0.377 e. The molecule has 7 heteroatoms. The highest BCUT2D eigenvalue weighted by atomic mass is 127. The van der Waals surface area contributed by atoms with E-state index in [4.69, 9.17) is 4.74 Å². The highest BCUT2D eigenvalue weighted by molar-refractivity contribution is 14.0. The van der Waals surface area contributed by atoms with Gasteiger partial charge >= 0.3 is 0 Å². The number of hydrogen-bond donors (Lipinski definition) is 2. The van der Waals surface area contributed by atoms with E-state index >= 15 is 0 Å². The molecule has 1 heterocycles. The maximum Gasteiger partial charge on any atom is 0.191 e. The molecule has 1 saturated heterocycles. The second-order valence-corrected chi connectivity index (χ2v) is 7.11. The van der Waals surface area contributed by atoms with Gasteiger partial charge in [-0.25, -0.2) is 0 Å². The number of aliphatic imine (C=N–C) groups is 1. The maximum absolute atomic E-state index is 5.42. The highest BCUT2D eigenvalue weighted by Gasteiger charge is 2.18. The molecule has 24 heavy (non-hydrogen) atoms. The molecular weight excluding hydrogens is 417 g/mol. The van der Waals surface area contributed by atoms with Crippen LogP contribution in [0.5, 0.6) is 0 Å². The molecule has 1 atom stereocenters. The third-order valence-corrected chi connectivity index (χ3v) is 4.56. The third-order valence-electron chi connectivity index (χ3n) is 4.56. The molecule has 0 aromatic carbocycles. The third kappa shape index (κ3) is 9.39. The summed E-state index contributed by atoms with van der Waals surface area (Å²) in [6.45, 7) is 17.4. The van der Waals surface area contributed by atoms with Crippen molar-refractivity contribution >= 4 is 29.9 Å². The Balaban J connectivity index is 0.00000529. The van der Waals surface area contributed by atoms with Gasteiger partial charge in [-0.05, 0) is 26.3 Å². The van der Waals surface area contributed by atoms with Crippen molar-refractivity contribution in [2.24, 2.45) is 10.9 Å². The molecule has 0 aromatic rings. The molecule has 0 saturated carbocycles. The van der Waals surface area contributed by atoms with Crippen molar-refractivity contribution in [3.8, 4) is 0 Å². The number of hydrogen-bond acceptors (Lipinski definition) is 4. The summed E-state index contributed by atoms with van der Waals surface area (Å²) in [5.74, 6) is 1.44. The molecule has 1 unspecified atom stereocenters. The number of nitrogens with zero attached hydrogens (tertiary/aromatic N) is 3. The number of methoxy groups -OCH3 is 1. The van der Waals surface area contributed by atoms with Crippen LogP contribution in [0.15, 0.2) is 4.99 Å². The molecule has 1 aliphatic rings. The molecule has 0 aromatic heterocycles. The van der Waals surface area contributed by atoms with Gasteiger partial charge in [-0.2, -0.15) is 0 Å². The quantitative estimate of drug-likeness (QED) is 0.330. The number of likely N-dealkylation sites (N-methyl/N-ethyl adjacent to an activating group) is 1. The fourth-order valence-electron chi connectivity index (χ4n) is 2.65. The summed E-state index contributed by atoms with van der Waals surface area (Å²) in [7, 11) is 3.54. The number of piperazine rings is 1. The number of ether oxygens (including phenoxy) is 1. The van der Waals surface area contributed by atoms with Crippen LogP contribution in [0.1, 0.15) is 27.7 Å². The first-order chi connectivity index (χ1) is 10.9. The number of guanidine groups is 1. The van der Waals surface area contributed by atoms with Gasteiger partial charge in [0.25, 0.3) is 0 Å². The fourth-order valence-corrected chi connectivity index (χ4v) is 2.65. The lowest BCUT2D eigenvalue weighted by Gasteiger charge is -2.35. The molecule has 0 radical (unpaired) electrons. The average molecular weight is 455 g/mol. The number of nitrogens with one attached hydrogen (secondary N) is 2. The van der Waals surface area contributed by atoms with E-state index in [9.17, 15) is 0 Å². The van der Waals surface area contributed by atoms with Crippen LogP contribution in [0.2, 0.25) is 0 Å². The zero-order valence-corrected chi connectivity index (χ0v) is 18.7. The van der Waals surface area contributed by atoms with E-state index in [0.717, 1.165) is 25.6 Å². The second kappa shape index (κ2) is 12.3. The van der Waals surface area contributed by atoms with Gasteiger partial charge in [0.15, 0.2) is 5.96 Å². The van der Waals surface area contributed by atoms with Crippen molar-refractivity contribution in [3.63, 3.8) is 0 Å². The zero-order chi connectivity index (χ0) is 17.3. The highest BCUT2D eigenvalue weighted by Crippen LogP contribution is 2.06. The molecule has 1 aliphatic heterocycles. The smallest absolute Gasteiger partial charge is 0.191 e. The van der Waals surface area contributed by atoms with Crippen LogP contribution in [-0.4, -0.2) is 87.9 Å². The number of rotatable bonds is 8. The molecular formula is C17H38IN5O. The summed E-state index contributed by atoms with van der Waals surface area (Å²) in [5.41, 5.74) is -0.192. The minimum atomic E-state index is -0.192. The number of halogens is 1. The first kappa shape index (κ1) is 23.9. The lowest BCUT2D eigenvalue weighted by molar-refractivity contribution is 0.0268. The van der Waals surface area contributed by atoms with Crippen molar-refractivity contribution in [3.05, 3.63) is 0 Å². The van der Waals surface area contributed by atoms with Crippen LogP contribution in [-0.2, 0) is 4.74 Å². The summed E-state index contributed by atoms with van der Waals surface area (Å²) >= 11 is 0. The van der Waals surface area contributed by atoms with Crippen molar-refractivity contribution in [1.29, 1.82) is 0 Å². The lowest BCUT2D eigenvalue weighted by Crippen LogP contribution is -2.49. The summed E-state index contributed by atoms with van der Waals surface area (Å²) in [6.07, 6.45) is 0. The molecule has 0 amide bonds. The Morgan fingerprint density at radius 1 is 1.17 bits per heavy atom. The van der Waals surface area contributed by atoms with Crippen molar-refractivity contribution in [1.82, 2.24) is 20.4 Å². The normalized spacial score (nSPS) is 18.8. The lowest BCUT2D eigenvalue weighted by atomic mass is 10.1. The van der Waals surface area contributed by atoms with Crippen LogP contribution in [0.25, 0.3) is 0 Å². The van der Waals surface area contributed by atoms with Crippen LogP contribution < -0.4 is 10.6 Å². The molecule has 144 valence electrons. The Bertz CT molecular complexity index is 357. The molecule has 1 rings (SSSR count). The summed E-state index contributed by atoms with van der Waals surface area (Å²) in [4.78, 5) is 9.37. The van der Waals surface area contributed by atoms with Gasteiger partial charge in [-0.15, -0.1) is 24.0 Å². The van der Waals surface area contributed by atoms with E-state index in [2.05, 4.69) is 53.1 Å². The first-order valence-corrected chi connectivity index (χ1v) is 8.84. The van der Waals surface area contributed by atoms with E-state index in [1.54, 1.807) is 7.11 Å². The Morgan fingerprint density at radius 2 is 1.75 bits per heavy atom. The van der Waals surface area contributed by atoms with Crippen LogP contribution in [0.3, 0.4) is 0 Å². The van der Waals surface area contributed by atoms with Gasteiger partial charge in [0.1, 0.15) is 0 Å². The van der Waals surface area contributed by atoms with E-state index in [1.807, 2.05) is 7.05 Å². The minimum absolute atomic E-state index is 0. The Hall–Kier alpha value is -0.120. The first-order valence-electron chi connectivity index (χ1n) is 8.84. The molecule has 1 fully saturated rings. The topological polar surface area (TPSA) is 52.1 Å². The van der Waals surface area contributed by atoms with Crippen molar-refractivity contribution in [2.75, 3.05) is 66.5 Å². The molecule has 6 nitrogen and oxygen atoms in total. The van der Waals surface area contributed by atoms with Gasteiger partial charge in [-0.1, -0.05) is 13.8 Å². The molecule has 0 bridgehead atoms. The predicted molar refractivity (Wildman–Crippen MR) is 114 cm³/mol. The monoisotopic (exact) mass is 455 g/mol. The van der Waals surface area contributed by atoms with Crippen LogP contribution >= 0.6 is 24.0 Å². The Labute approximate surface area is 165 Å². The minimum Gasteiger partial charge on any atom is -0.377 e. The Kier molecular flexibility index (Phi) is 12.2. The van der Waals surface area contributed by atoms with Crippen molar-refractivity contribution < 1.29 is 4.74 Å². The van der Waals surface area contributed by atoms with Crippen LogP contribution in [0.4, 0.5) is 0 Å². The molecule has 0 aliphatic carbocycles. The van der Waals surface area contributed by atoms with E-state index < -0.39 is 0 Å². The summed E-state index contributed by atoms with van der Waals surface area (Å²) in [6, 6.07) is 0. The SMILES string of the molecule is CCN1CCN(CC(C)CNC(=NC)NCC(C)(C)OC)CC1.I. The van der Waals surface area contributed by atoms with Crippen LogP contribution in [0, 0.1) is 5.92 Å². The van der Waals surface area contributed by atoms with Crippen molar-refractivity contribution in [2.45, 2.75) is 33.3 Å². The van der Waals surface area contributed by atoms with Gasteiger partial charge < -0.3 is 25.2 Å². The van der Waals surface area contributed by atoms with E-state index in [1.165, 1.54) is 32.7 Å². The average Bonchev–Trinajstić information content (AvgIpc) is 2.55. The Morgan fingerprint density at radius 3 is 2.25 bits per heavy atom. The van der Waals surface area contributed by atoms with Gasteiger partial charge in [0.05, 0.1) is 5.60 Å². The summed E-state index contributed by atoms with van der Waals surface area (Å²) in [5, 5.41) is 6.75. The zero-order valence-electron chi connectivity index (χ0n) is 16.4. The molecule has 0 spiro atoms. The molecule has 2 N–H and O–H groups in total. The maximum atomic E-state index is 5.42. The fraction of sp³-hybridized carbons (Fsp3) is 0.941. The van der Waals surface area contributed by atoms with E-state index in [0.29, 0.717) is 5.92 Å². The van der Waals surface area contributed by atoms with E-state index in [-0.39, 0.29) is 29.6 Å². The van der Waals surface area contributed by atoms with Gasteiger partial charge in [0, 0.05) is 60.0 Å². The van der Waals surface area contributed by atoms with Gasteiger partial charge in [-0.3, -0.25) is 4.99 Å².